The zero-order valence-electron chi connectivity index (χ0n) is 23.0. The molecule has 0 atom stereocenters. The standard InChI is InChI=1S/C29H32N6O4S/c1-6-21(30-17-26(36)39-29(2,3)4)22-9-10-23(40-22)27(37)31-24-16-25-34(13-14-35(25)32-24)19-7-8-20-18(15-19)11-12-33(5)28(20)38/h7-10,15-16,30H,1,11-14,17H2,2-5H3,(H,31,32,37). The van der Waals surface area contributed by atoms with Crippen molar-refractivity contribution in [3.8, 4) is 0 Å². The highest BCUT2D eigenvalue weighted by atomic mass is 32.1. The van der Waals surface area contributed by atoms with Gasteiger partial charge in [-0.05, 0) is 63.1 Å². The summed E-state index contributed by atoms with van der Waals surface area (Å²) in [4.78, 5) is 42.6. The van der Waals surface area contributed by atoms with Gasteiger partial charge >= 0.3 is 5.97 Å². The van der Waals surface area contributed by atoms with Gasteiger partial charge in [0.2, 0.25) is 0 Å². The van der Waals surface area contributed by atoms with E-state index in [1.54, 1.807) is 17.0 Å². The number of carbonyl (C=O) groups is 3. The summed E-state index contributed by atoms with van der Waals surface area (Å²) in [7, 11) is 1.82. The Morgan fingerprint density at radius 3 is 2.65 bits per heavy atom. The van der Waals surface area contributed by atoms with Crippen molar-refractivity contribution in [3.05, 3.63) is 69.6 Å². The predicted octanol–water partition coefficient (Wildman–Crippen LogP) is 4.03. The average Bonchev–Trinajstić information content (AvgIpc) is 3.62. The molecule has 3 aromatic rings. The number of hydrogen-bond donors (Lipinski definition) is 2. The summed E-state index contributed by atoms with van der Waals surface area (Å²) in [5.41, 5.74) is 5.54. The van der Waals surface area contributed by atoms with Crippen LogP contribution >= 0.6 is 11.3 Å². The van der Waals surface area contributed by atoms with E-state index < -0.39 is 11.6 Å². The molecule has 2 aromatic heterocycles. The maximum atomic E-state index is 13.0. The summed E-state index contributed by atoms with van der Waals surface area (Å²) < 4.78 is 7.19. The van der Waals surface area contributed by atoms with Crippen molar-refractivity contribution in [2.75, 3.05) is 36.9 Å². The largest absolute Gasteiger partial charge is 0.459 e. The lowest BCUT2D eigenvalue weighted by Gasteiger charge is -2.26. The second-order valence-corrected chi connectivity index (χ2v) is 11.8. The minimum atomic E-state index is -0.576. The lowest BCUT2D eigenvalue weighted by molar-refractivity contribution is -0.153. The minimum Gasteiger partial charge on any atom is -0.459 e. The molecule has 0 saturated carbocycles. The van der Waals surface area contributed by atoms with Crippen LogP contribution in [0.5, 0.6) is 0 Å². The summed E-state index contributed by atoms with van der Waals surface area (Å²) >= 11 is 1.26. The van der Waals surface area contributed by atoms with Crippen molar-refractivity contribution < 1.29 is 19.1 Å². The first-order chi connectivity index (χ1) is 19.0. The number of nitrogens with one attached hydrogen (secondary N) is 2. The molecule has 0 fully saturated rings. The van der Waals surface area contributed by atoms with Crippen LogP contribution in [-0.2, 0) is 22.5 Å². The quantitative estimate of drug-likeness (QED) is 0.332. The van der Waals surface area contributed by atoms with E-state index >= 15 is 0 Å². The molecule has 11 heteroatoms. The number of aromatic nitrogens is 2. The Bertz CT molecular complexity index is 1540. The van der Waals surface area contributed by atoms with Crippen LogP contribution in [0.15, 0.2) is 48.7 Å². The number of esters is 1. The Kier molecular flexibility index (Phi) is 7.27. The molecule has 0 aliphatic carbocycles. The highest BCUT2D eigenvalue weighted by Crippen LogP contribution is 2.34. The first-order valence-corrected chi connectivity index (χ1v) is 13.8. The maximum absolute atomic E-state index is 13.0. The molecule has 40 heavy (non-hydrogen) atoms. The van der Waals surface area contributed by atoms with Gasteiger partial charge < -0.3 is 25.2 Å². The van der Waals surface area contributed by atoms with Gasteiger partial charge in [0.05, 0.1) is 22.0 Å². The number of likely N-dealkylation sites (N-methyl/N-ethyl adjacent to an activating group) is 1. The molecule has 0 spiro atoms. The number of ether oxygens (including phenoxy) is 1. The van der Waals surface area contributed by atoms with Gasteiger partial charge in [0, 0.05) is 37.5 Å². The monoisotopic (exact) mass is 560 g/mol. The molecular formula is C29H32N6O4S. The molecule has 0 unspecified atom stereocenters. The molecule has 2 aliphatic rings. The van der Waals surface area contributed by atoms with E-state index in [2.05, 4.69) is 39.0 Å². The molecule has 208 valence electrons. The smallest absolute Gasteiger partial charge is 0.325 e. The van der Waals surface area contributed by atoms with E-state index in [9.17, 15) is 14.4 Å². The molecular weight excluding hydrogens is 528 g/mol. The van der Waals surface area contributed by atoms with Crippen LogP contribution in [0.1, 0.15) is 51.2 Å². The zero-order valence-corrected chi connectivity index (χ0v) is 23.9. The molecule has 0 saturated heterocycles. The Balaban J connectivity index is 1.24. The van der Waals surface area contributed by atoms with Gasteiger partial charge in [-0.25, -0.2) is 4.68 Å². The van der Waals surface area contributed by atoms with Crippen molar-refractivity contribution in [3.63, 3.8) is 0 Å². The third-order valence-corrected chi connectivity index (χ3v) is 7.69. The number of nitrogens with zero attached hydrogens (tertiary/aromatic N) is 4. The van der Waals surface area contributed by atoms with Gasteiger partial charge in [0.25, 0.3) is 11.8 Å². The first kappa shape index (κ1) is 27.2. The van der Waals surface area contributed by atoms with Crippen LogP contribution in [0, 0.1) is 0 Å². The fourth-order valence-corrected chi connectivity index (χ4v) is 5.63. The molecule has 0 radical (unpaired) electrons. The van der Waals surface area contributed by atoms with E-state index in [4.69, 9.17) is 4.74 Å². The van der Waals surface area contributed by atoms with E-state index in [0.29, 0.717) is 29.5 Å². The predicted molar refractivity (Wildman–Crippen MR) is 155 cm³/mol. The van der Waals surface area contributed by atoms with Gasteiger partial charge in [0.1, 0.15) is 18.0 Å². The number of rotatable bonds is 7. The van der Waals surface area contributed by atoms with Crippen molar-refractivity contribution >= 4 is 52.1 Å². The van der Waals surface area contributed by atoms with Crippen LogP contribution in [0.25, 0.3) is 5.70 Å². The van der Waals surface area contributed by atoms with Gasteiger partial charge in [-0.15, -0.1) is 17.1 Å². The maximum Gasteiger partial charge on any atom is 0.325 e. The van der Waals surface area contributed by atoms with Crippen molar-refractivity contribution in [2.45, 2.75) is 39.3 Å². The van der Waals surface area contributed by atoms with E-state index in [0.717, 1.165) is 40.5 Å². The molecule has 10 nitrogen and oxygen atoms in total. The normalized spacial score (nSPS) is 14.3. The number of anilines is 3. The fraction of sp³-hybridized carbons (Fsp3) is 0.345. The zero-order chi connectivity index (χ0) is 28.6. The number of benzene rings is 1. The van der Waals surface area contributed by atoms with Crippen LogP contribution in [0.2, 0.25) is 0 Å². The van der Waals surface area contributed by atoms with Gasteiger partial charge in [0.15, 0.2) is 5.82 Å². The van der Waals surface area contributed by atoms with E-state index in [1.807, 2.05) is 50.7 Å². The van der Waals surface area contributed by atoms with Crippen LogP contribution in [0.3, 0.4) is 0 Å². The Labute approximate surface area is 236 Å². The van der Waals surface area contributed by atoms with Gasteiger partial charge in [-0.1, -0.05) is 6.58 Å². The van der Waals surface area contributed by atoms with Crippen LogP contribution in [0.4, 0.5) is 17.3 Å². The van der Waals surface area contributed by atoms with Gasteiger partial charge in [-0.2, -0.15) is 5.10 Å². The topological polar surface area (TPSA) is 109 Å². The Morgan fingerprint density at radius 2 is 1.90 bits per heavy atom. The highest BCUT2D eigenvalue weighted by Gasteiger charge is 2.27. The summed E-state index contributed by atoms with van der Waals surface area (Å²) in [6.45, 7) is 11.2. The minimum absolute atomic E-state index is 0.0388. The number of hydrogen-bond acceptors (Lipinski definition) is 8. The molecule has 5 rings (SSSR count). The van der Waals surface area contributed by atoms with Crippen molar-refractivity contribution in [1.82, 2.24) is 20.0 Å². The van der Waals surface area contributed by atoms with E-state index in [1.165, 1.54) is 11.3 Å². The number of amides is 2. The number of thiophene rings is 1. The van der Waals surface area contributed by atoms with Crippen molar-refractivity contribution in [2.24, 2.45) is 0 Å². The Morgan fingerprint density at radius 1 is 1.12 bits per heavy atom. The SMILES string of the molecule is C=C=C(NCC(=O)OC(C)(C)C)c1ccc(C(=O)Nc2cc3n(n2)CCN3c2ccc3c(c2)CCN(C)C3=O)s1. The highest BCUT2D eigenvalue weighted by molar-refractivity contribution is 7.15. The van der Waals surface area contributed by atoms with Gasteiger partial charge in [-0.3, -0.25) is 14.4 Å². The lowest BCUT2D eigenvalue weighted by atomic mass is 9.98. The van der Waals surface area contributed by atoms with Crippen LogP contribution in [-0.4, -0.2) is 64.7 Å². The molecule has 2 N–H and O–H groups in total. The number of fused-ring (bicyclic) bond motifs is 2. The molecule has 4 heterocycles. The second-order valence-electron chi connectivity index (χ2n) is 10.7. The summed E-state index contributed by atoms with van der Waals surface area (Å²) in [5, 5.41) is 10.4. The molecule has 1 aromatic carbocycles. The van der Waals surface area contributed by atoms with Crippen LogP contribution < -0.4 is 15.5 Å². The summed E-state index contributed by atoms with van der Waals surface area (Å²) in [5.74, 6) is 0.705. The summed E-state index contributed by atoms with van der Waals surface area (Å²) in [6, 6.07) is 11.3. The number of carbonyl (C=O) groups excluding carboxylic acids is 3. The molecule has 2 amide bonds. The summed E-state index contributed by atoms with van der Waals surface area (Å²) in [6.07, 6.45) is 0.821. The third kappa shape index (κ3) is 5.66. The lowest BCUT2D eigenvalue weighted by Crippen LogP contribution is -2.34. The van der Waals surface area contributed by atoms with Crippen molar-refractivity contribution in [1.29, 1.82) is 0 Å². The third-order valence-electron chi connectivity index (χ3n) is 6.59. The Hall–Kier alpha value is -4.34. The molecule has 2 aliphatic heterocycles. The molecule has 0 bridgehead atoms. The average molecular weight is 561 g/mol. The van der Waals surface area contributed by atoms with E-state index in [-0.39, 0.29) is 18.4 Å². The second kappa shape index (κ2) is 10.7. The first-order valence-electron chi connectivity index (χ1n) is 13.0. The fourth-order valence-electron chi connectivity index (χ4n) is 4.73.